The maximum absolute atomic E-state index is 11.6. The van der Waals surface area contributed by atoms with E-state index >= 15 is 0 Å². The fraction of sp³-hybridized carbons (Fsp3) is 0.400. The van der Waals surface area contributed by atoms with Crippen LogP contribution in [0.5, 0.6) is 0 Å². The molecule has 2 heterocycles. The smallest absolute Gasteiger partial charge is 0.337 e. The van der Waals surface area contributed by atoms with Gasteiger partial charge in [0.2, 0.25) is 0 Å². The number of hydrogen-bond donors (Lipinski definition) is 0. The third kappa shape index (κ3) is 2.97. The van der Waals surface area contributed by atoms with Gasteiger partial charge in [-0.1, -0.05) is 18.9 Å². The average Bonchev–Trinajstić information content (AvgIpc) is 2.90. The molecule has 0 bridgehead atoms. The van der Waals surface area contributed by atoms with Crippen LogP contribution < -0.4 is 0 Å². The number of nitrogens with zero attached hydrogens (tertiary/aromatic N) is 2. The van der Waals surface area contributed by atoms with Crippen molar-refractivity contribution in [2.24, 2.45) is 0 Å². The first-order valence-electron chi connectivity index (χ1n) is 6.62. The van der Waals surface area contributed by atoms with Crippen molar-refractivity contribution in [2.75, 3.05) is 20.2 Å². The maximum Gasteiger partial charge on any atom is 0.337 e. The minimum atomic E-state index is -0.284. The van der Waals surface area contributed by atoms with E-state index in [0.29, 0.717) is 11.6 Å². The van der Waals surface area contributed by atoms with E-state index in [1.807, 2.05) is 18.2 Å². The van der Waals surface area contributed by atoms with Crippen LogP contribution in [-0.2, 0) is 37.4 Å². The van der Waals surface area contributed by atoms with Crippen LogP contribution in [0.15, 0.2) is 30.5 Å². The third-order valence-electron chi connectivity index (χ3n) is 3.78. The summed E-state index contributed by atoms with van der Waals surface area (Å²) in [5, 5.41) is 5.55. The normalized spacial score (nSPS) is 15.8. The number of carbonyl (C=O) groups is 1. The Hall–Kier alpha value is -0.706. The topological polar surface area (TPSA) is 45.3 Å². The zero-order valence-corrected chi connectivity index (χ0v) is 14.4. The third-order valence-corrected chi connectivity index (χ3v) is 3.78. The first kappa shape index (κ1) is 15.7. The van der Waals surface area contributed by atoms with Gasteiger partial charge in [0.25, 0.3) is 0 Å². The van der Waals surface area contributed by atoms with Gasteiger partial charge in [-0.2, -0.15) is 0 Å². The summed E-state index contributed by atoms with van der Waals surface area (Å²) in [6, 6.07) is 8.30. The minimum absolute atomic E-state index is 0. The molecule has 1 aromatic carbocycles. The molecule has 0 spiro atoms. The molecule has 103 valence electrons. The first-order chi connectivity index (χ1) is 9.29. The van der Waals surface area contributed by atoms with E-state index in [1.54, 1.807) is 0 Å². The molecule has 3 rings (SSSR count). The Kier molecular flexibility index (Phi) is 5.36. The summed E-state index contributed by atoms with van der Waals surface area (Å²) in [4.78, 5) is 11.6. The van der Waals surface area contributed by atoms with Gasteiger partial charge in [0.1, 0.15) is 0 Å². The molecule has 4 nitrogen and oxygen atoms in total. The molecule has 1 fully saturated rings. The summed E-state index contributed by atoms with van der Waals surface area (Å²) < 4.78 is 7.06. The van der Waals surface area contributed by atoms with E-state index in [0.717, 1.165) is 36.8 Å². The number of piperidine rings is 1. The molecule has 1 saturated heterocycles. The average molecular weight is 346 g/mol. The van der Waals surface area contributed by atoms with E-state index in [9.17, 15) is 4.79 Å². The van der Waals surface area contributed by atoms with Crippen LogP contribution in [0, 0.1) is 0 Å². The van der Waals surface area contributed by atoms with E-state index in [1.165, 1.54) is 7.11 Å². The van der Waals surface area contributed by atoms with Crippen molar-refractivity contribution in [3.05, 3.63) is 41.3 Å². The van der Waals surface area contributed by atoms with Gasteiger partial charge in [0.05, 0.1) is 12.7 Å². The fourth-order valence-electron chi connectivity index (χ4n) is 2.73. The van der Waals surface area contributed by atoms with E-state index in [-0.39, 0.29) is 38.7 Å². The Labute approximate surface area is 143 Å². The van der Waals surface area contributed by atoms with Gasteiger partial charge in [0.15, 0.2) is 0 Å². The molecule has 0 unspecified atom stereocenters. The number of benzene rings is 1. The van der Waals surface area contributed by atoms with Crippen molar-refractivity contribution in [3.8, 4) is 0 Å². The Morgan fingerprint density at radius 3 is 2.75 bits per heavy atom. The summed E-state index contributed by atoms with van der Waals surface area (Å²) in [6.07, 6.45) is 4.26. The molecule has 5 heteroatoms. The molecule has 1 aliphatic rings. The van der Waals surface area contributed by atoms with E-state index < -0.39 is 0 Å². The second kappa shape index (κ2) is 6.83. The second-order valence-corrected chi connectivity index (χ2v) is 4.89. The molecule has 1 radical (unpaired) electrons. The van der Waals surface area contributed by atoms with Crippen LogP contribution in [0.2, 0.25) is 0 Å². The van der Waals surface area contributed by atoms with Crippen LogP contribution in [0.3, 0.4) is 0 Å². The van der Waals surface area contributed by atoms with Crippen LogP contribution in [0.25, 0.3) is 16.2 Å². The SMILES string of the molecule is COC(=O)c1ccc2ccn(C3CC[N-]CC3)c2c1.[Y]. The Bertz CT molecular complexity index is 603. The molecule has 2 aromatic rings. The molecular formula is C15H17N2O2Y-. The van der Waals surface area contributed by atoms with Crippen molar-refractivity contribution >= 4 is 16.9 Å². The molecule has 0 atom stereocenters. The standard InChI is InChI=1S/C15H17N2O2.Y/c1-19-15(18)12-3-2-11-6-9-17(14(11)10-12)13-4-7-16-8-5-13;/h2-3,6,9-10,13H,4-5,7-8H2,1H3;/q-1;. The van der Waals surface area contributed by atoms with Gasteiger partial charge in [0, 0.05) is 50.5 Å². The Balaban J connectivity index is 0.00000147. The zero-order chi connectivity index (χ0) is 13.2. The van der Waals surface area contributed by atoms with Gasteiger partial charge in [-0.05, 0) is 23.6 Å². The van der Waals surface area contributed by atoms with Gasteiger partial charge in [-0.25, -0.2) is 4.79 Å². The minimum Gasteiger partial charge on any atom is -0.662 e. The summed E-state index contributed by atoms with van der Waals surface area (Å²) in [5.41, 5.74) is 1.71. The van der Waals surface area contributed by atoms with E-state index in [4.69, 9.17) is 4.74 Å². The van der Waals surface area contributed by atoms with Crippen molar-refractivity contribution in [2.45, 2.75) is 18.9 Å². The van der Waals surface area contributed by atoms with Crippen molar-refractivity contribution < 1.29 is 42.2 Å². The first-order valence-corrected chi connectivity index (χ1v) is 6.62. The van der Waals surface area contributed by atoms with Crippen molar-refractivity contribution in [1.29, 1.82) is 0 Å². The number of carbonyl (C=O) groups excluding carboxylic acids is 1. The number of hydrogen-bond acceptors (Lipinski definition) is 2. The molecule has 20 heavy (non-hydrogen) atoms. The van der Waals surface area contributed by atoms with Crippen LogP contribution in [0.1, 0.15) is 29.2 Å². The van der Waals surface area contributed by atoms with Gasteiger partial charge < -0.3 is 14.6 Å². The van der Waals surface area contributed by atoms with Gasteiger partial charge in [-0.15, -0.1) is 13.1 Å². The van der Waals surface area contributed by atoms with Crippen LogP contribution in [0.4, 0.5) is 0 Å². The number of methoxy groups -OCH3 is 1. The largest absolute Gasteiger partial charge is 0.662 e. The summed E-state index contributed by atoms with van der Waals surface area (Å²) in [7, 11) is 1.41. The monoisotopic (exact) mass is 346 g/mol. The maximum atomic E-state index is 11.6. The molecule has 0 aliphatic carbocycles. The second-order valence-electron chi connectivity index (χ2n) is 4.89. The summed E-state index contributed by atoms with van der Waals surface area (Å²) in [6.45, 7) is 1.86. The zero-order valence-electron chi connectivity index (χ0n) is 11.6. The molecule has 0 saturated carbocycles. The molecule has 0 amide bonds. The number of esters is 1. The Morgan fingerprint density at radius 2 is 2.05 bits per heavy atom. The predicted molar refractivity (Wildman–Crippen MR) is 74.6 cm³/mol. The predicted octanol–water partition coefficient (Wildman–Crippen LogP) is 3.13. The molecule has 1 aliphatic heterocycles. The van der Waals surface area contributed by atoms with Gasteiger partial charge in [-0.3, -0.25) is 0 Å². The number of ether oxygens (including phenoxy) is 1. The molecule has 1 aromatic heterocycles. The summed E-state index contributed by atoms with van der Waals surface area (Å²) >= 11 is 0. The van der Waals surface area contributed by atoms with Crippen molar-refractivity contribution in [1.82, 2.24) is 4.57 Å². The van der Waals surface area contributed by atoms with Gasteiger partial charge >= 0.3 is 5.97 Å². The Morgan fingerprint density at radius 1 is 1.30 bits per heavy atom. The van der Waals surface area contributed by atoms with Crippen LogP contribution >= 0.6 is 0 Å². The fourth-order valence-corrected chi connectivity index (χ4v) is 2.73. The van der Waals surface area contributed by atoms with Crippen molar-refractivity contribution in [3.63, 3.8) is 0 Å². The molecule has 0 N–H and O–H groups in total. The van der Waals surface area contributed by atoms with E-state index in [2.05, 4.69) is 22.1 Å². The van der Waals surface area contributed by atoms with Crippen LogP contribution in [-0.4, -0.2) is 30.7 Å². The summed E-state index contributed by atoms with van der Waals surface area (Å²) in [5.74, 6) is -0.284. The number of rotatable bonds is 2. The number of fused-ring (bicyclic) bond motifs is 1. The molecular weight excluding hydrogens is 329 g/mol. The number of aromatic nitrogens is 1. The quantitative estimate of drug-likeness (QED) is 0.785.